The number of anilines is 1. The molecule has 1 aliphatic carbocycles. The lowest BCUT2D eigenvalue weighted by Gasteiger charge is -2.29. The first kappa shape index (κ1) is 23.4. The van der Waals surface area contributed by atoms with Crippen molar-refractivity contribution >= 4 is 28.3 Å². The summed E-state index contributed by atoms with van der Waals surface area (Å²) >= 11 is 1.26. The molecule has 0 radical (unpaired) electrons. The van der Waals surface area contributed by atoms with Gasteiger partial charge in [0.25, 0.3) is 11.8 Å². The molecule has 178 valence electrons. The number of ether oxygens (including phenoxy) is 2. The average molecular weight is 475 g/mol. The van der Waals surface area contributed by atoms with Gasteiger partial charge in [0.15, 0.2) is 0 Å². The van der Waals surface area contributed by atoms with E-state index in [1.807, 2.05) is 0 Å². The lowest BCUT2D eigenvalue weighted by molar-refractivity contribution is 0.0874. The van der Waals surface area contributed by atoms with Crippen LogP contribution in [0.1, 0.15) is 70.9 Å². The Morgan fingerprint density at radius 1 is 1.27 bits per heavy atom. The first-order valence-electron chi connectivity index (χ1n) is 11.3. The number of aromatic nitrogens is 3. The van der Waals surface area contributed by atoms with Crippen LogP contribution in [0.3, 0.4) is 0 Å². The van der Waals surface area contributed by atoms with Gasteiger partial charge in [0.2, 0.25) is 16.0 Å². The normalized spacial score (nSPS) is 20.2. The molecule has 0 unspecified atom stereocenters. The van der Waals surface area contributed by atoms with Gasteiger partial charge in [0, 0.05) is 24.6 Å². The van der Waals surface area contributed by atoms with Crippen LogP contribution in [0.4, 0.5) is 5.13 Å². The molecule has 1 saturated carbocycles. The topological polar surface area (TPSA) is 141 Å². The van der Waals surface area contributed by atoms with E-state index in [0.29, 0.717) is 41.6 Å². The van der Waals surface area contributed by atoms with Crippen LogP contribution in [0.25, 0.3) is 0 Å². The summed E-state index contributed by atoms with van der Waals surface area (Å²) in [5.74, 6) is 0.00858. The fraction of sp³-hybridized carbons (Fsp3) is 0.591. The van der Waals surface area contributed by atoms with Crippen molar-refractivity contribution in [3.63, 3.8) is 0 Å². The SMILES string of the molecule is CC(C)CNc1nnc(C(=O)NC2CCC(Oc3nc4c(cc3C(N)=O)COCC4)CC2)s1. The van der Waals surface area contributed by atoms with E-state index >= 15 is 0 Å². The maximum Gasteiger partial charge on any atom is 0.282 e. The van der Waals surface area contributed by atoms with E-state index in [1.54, 1.807) is 6.07 Å². The van der Waals surface area contributed by atoms with Gasteiger partial charge in [-0.1, -0.05) is 25.2 Å². The second-order valence-electron chi connectivity index (χ2n) is 8.87. The summed E-state index contributed by atoms with van der Waals surface area (Å²) in [5.41, 5.74) is 7.62. The molecule has 2 aromatic heterocycles. The summed E-state index contributed by atoms with van der Waals surface area (Å²) in [6.45, 7) is 6.02. The van der Waals surface area contributed by atoms with Crippen molar-refractivity contribution in [1.82, 2.24) is 20.5 Å². The molecule has 0 aromatic carbocycles. The molecule has 10 nitrogen and oxygen atoms in total. The predicted molar refractivity (Wildman–Crippen MR) is 123 cm³/mol. The van der Waals surface area contributed by atoms with Gasteiger partial charge in [-0.3, -0.25) is 9.59 Å². The summed E-state index contributed by atoms with van der Waals surface area (Å²) in [6.07, 6.45) is 3.60. The molecule has 11 heteroatoms. The number of hydrogen-bond acceptors (Lipinski definition) is 9. The van der Waals surface area contributed by atoms with E-state index < -0.39 is 5.91 Å². The van der Waals surface area contributed by atoms with Crippen LogP contribution in [0.2, 0.25) is 0 Å². The van der Waals surface area contributed by atoms with Crippen molar-refractivity contribution in [1.29, 1.82) is 0 Å². The van der Waals surface area contributed by atoms with Crippen LogP contribution in [0.15, 0.2) is 6.07 Å². The number of primary amides is 1. The standard InChI is InChI=1S/C22H30N6O4S/c1-12(2)10-24-22-28-27-21(33-22)19(30)25-14-3-5-15(6-4-14)32-20-16(18(23)29)9-13-11-31-8-7-17(13)26-20/h9,12,14-15H,3-8,10-11H2,1-2H3,(H2,23,29)(H,24,28)(H,25,30). The monoisotopic (exact) mass is 474 g/mol. The first-order chi connectivity index (χ1) is 15.9. The van der Waals surface area contributed by atoms with Gasteiger partial charge in [0.1, 0.15) is 11.7 Å². The molecule has 2 amide bonds. The zero-order chi connectivity index (χ0) is 23.4. The number of carbonyl (C=O) groups is 2. The van der Waals surface area contributed by atoms with Crippen molar-refractivity contribution in [2.45, 2.75) is 64.7 Å². The third kappa shape index (κ3) is 5.97. The lowest BCUT2D eigenvalue weighted by Crippen LogP contribution is -2.40. The van der Waals surface area contributed by atoms with Gasteiger partial charge < -0.3 is 25.8 Å². The lowest BCUT2D eigenvalue weighted by atomic mass is 9.93. The largest absolute Gasteiger partial charge is 0.474 e. The third-order valence-corrected chi connectivity index (χ3v) is 6.61. The number of rotatable bonds is 8. The number of nitrogens with zero attached hydrogens (tertiary/aromatic N) is 3. The summed E-state index contributed by atoms with van der Waals surface area (Å²) < 4.78 is 11.5. The molecule has 0 spiro atoms. The summed E-state index contributed by atoms with van der Waals surface area (Å²) in [4.78, 5) is 29.1. The second-order valence-corrected chi connectivity index (χ2v) is 9.84. The fourth-order valence-electron chi connectivity index (χ4n) is 3.94. The number of hydrogen-bond donors (Lipinski definition) is 3. The number of carbonyl (C=O) groups excluding carboxylic acids is 2. The predicted octanol–water partition coefficient (Wildman–Crippen LogP) is 2.29. The van der Waals surface area contributed by atoms with Gasteiger partial charge >= 0.3 is 0 Å². The minimum Gasteiger partial charge on any atom is -0.474 e. The Labute approximate surface area is 196 Å². The zero-order valence-corrected chi connectivity index (χ0v) is 19.7. The molecule has 1 fully saturated rings. The van der Waals surface area contributed by atoms with Gasteiger partial charge in [-0.15, -0.1) is 10.2 Å². The molecule has 2 aromatic rings. The molecule has 4 N–H and O–H groups in total. The maximum atomic E-state index is 12.6. The highest BCUT2D eigenvalue weighted by molar-refractivity contribution is 7.17. The number of nitrogens with two attached hydrogens (primary N) is 1. The van der Waals surface area contributed by atoms with Gasteiger partial charge in [-0.25, -0.2) is 4.98 Å². The molecule has 4 rings (SSSR count). The number of pyridine rings is 1. The van der Waals surface area contributed by atoms with E-state index in [1.165, 1.54) is 11.3 Å². The molecule has 33 heavy (non-hydrogen) atoms. The smallest absolute Gasteiger partial charge is 0.282 e. The molecular formula is C22H30N6O4S. The van der Waals surface area contributed by atoms with E-state index in [0.717, 1.165) is 43.5 Å². The number of amides is 2. The van der Waals surface area contributed by atoms with Crippen molar-refractivity contribution in [3.05, 3.63) is 27.9 Å². The maximum absolute atomic E-state index is 12.6. The molecular weight excluding hydrogens is 444 g/mol. The van der Waals surface area contributed by atoms with Crippen molar-refractivity contribution < 1.29 is 19.1 Å². The van der Waals surface area contributed by atoms with Crippen LogP contribution >= 0.6 is 11.3 Å². The molecule has 1 aliphatic heterocycles. The molecule has 2 aliphatic rings. The second kappa shape index (κ2) is 10.4. The highest BCUT2D eigenvalue weighted by atomic mass is 32.1. The van der Waals surface area contributed by atoms with E-state index in [-0.39, 0.29) is 23.6 Å². The van der Waals surface area contributed by atoms with Crippen molar-refractivity contribution in [2.75, 3.05) is 18.5 Å². The van der Waals surface area contributed by atoms with Crippen molar-refractivity contribution in [2.24, 2.45) is 11.7 Å². The number of nitrogens with one attached hydrogen (secondary N) is 2. The van der Waals surface area contributed by atoms with Gasteiger partial charge in [-0.2, -0.15) is 0 Å². The van der Waals surface area contributed by atoms with Gasteiger partial charge in [0.05, 0.1) is 18.9 Å². The Kier molecular flexibility index (Phi) is 7.39. The van der Waals surface area contributed by atoms with Crippen LogP contribution in [0, 0.1) is 5.92 Å². The zero-order valence-electron chi connectivity index (χ0n) is 18.9. The van der Waals surface area contributed by atoms with Gasteiger partial charge in [-0.05, 0) is 37.7 Å². The van der Waals surface area contributed by atoms with Crippen molar-refractivity contribution in [3.8, 4) is 5.88 Å². The quantitative estimate of drug-likeness (QED) is 0.529. The summed E-state index contributed by atoms with van der Waals surface area (Å²) in [6, 6.07) is 1.77. The molecule has 0 atom stereocenters. The molecule has 3 heterocycles. The Balaban J connectivity index is 1.30. The average Bonchev–Trinajstić information content (AvgIpc) is 3.28. The minimum absolute atomic E-state index is 0.0394. The van der Waals surface area contributed by atoms with E-state index in [9.17, 15) is 9.59 Å². The van der Waals surface area contributed by atoms with Crippen LogP contribution < -0.4 is 21.1 Å². The van der Waals surface area contributed by atoms with Crippen LogP contribution in [0.5, 0.6) is 5.88 Å². The summed E-state index contributed by atoms with van der Waals surface area (Å²) in [7, 11) is 0. The highest BCUT2D eigenvalue weighted by Gasteiger charge is 2.27. The Hall–Kier alpha value is -2.79. The molecule has 0 bridgehead atoms. The Morgan fingerprint density at radius 2 is 2.06 bits per heavy atom. The number of fused-ring (bicyclic) bond motifs is 1. The van der Waals surface area contributed by atoms with Crippen LogP contribution in [-0.4, -0.2) is 52.3 Å². The fourth-order valence-corrected chi connectivity index (χ4v) is 4.59. The highest BCUT2D eigenvalue weighted by Crippen LogP contribution is 2.28. The third-order valence-electron chi connectivity index (χ3n) is 5.73. The van der Waals surface area contributed by atoms with Crippen LogP contribution in [-0.2, 0) is 17.8 Å². The Morgan fingerprint density at radius 3 is 2.79 bits per heavy atom. The van der Waals surface area contributed by atoms with E-state index in [2.05, 4.69) is 39.7 Å². The first-order valence-corrected chi connectivity index (χ1v) is 12.2. The Bertz CT molecular complexity index is 1000. The summed E-state index contributed by atoms with van der Waals surface area (Å²) in [5, 5.41) is 15.3. The van der Waals surface area contributed by atoms with E-state index in [4.69, 9.17) is 15.2 Å². The molecule has 0 saturated heterocycles. The minimum atomic E-state index is -0.564.